The number of sulfonamides is 1. The fraction of sp³-hybridized carbons (Fsp3) is 0.316. The van der Waals surface area contributed by atoms with E-state index in [0.717, 1.165) is 12.0 Å². The summed E-state index contributed by atoms with van der Waals surface area (Å²) >= 11 is 0. The standard InChI is InChI=1S/C19H24N2O3S/c1-5-15(4)20-19(22)16-11-10-14(3)18(12-16)25(23,24)21-17-9-7-6-8-13(17)2/h6-12,15,21H,5H2,1-4H3,(H,20,22)/t15-/m0/s1. The number of carbonyl (C=O) groups is 1. The minimum absolute atomic E-state index is 0.0268. The summed E-state index contributed by atoms with van der Waals surface area (Å²) in [6, 6.07) is 11.9. The van der Waals surface area contributed by atoms with Gasteiger partial charge in [-0.2, -0.15) is 0 Å². The lowest BCUT2D eigenvalue weighted by Crippen LogP contribution is -2.32. The van der Waals surface area contributed by atoms with Crippen molar-refractivity contribution in [3.8, 4) is 0 Å². The lowest BCUT2D eigenvalue weighted by molar-refractivity contribution is 0.0939. The Kier molecular flexibility index (Phi) is 5.85. The molecule has 0 bridgehead atoms. The average Bonchev–Trinajstić information content (AvgIpc) is 2.56. The predicted molar refractivity (Wildman–Crippen MR) is 100 cm³/mol. The summed E-state index contributed by atoms with van der Waals surface area (Å²) < 4.78 is 28.2. The number of carbonyl (C=O) groups excluding carboxylic acids is 1. The third-order valence-corrected chi connectivity index (χ3v) is 5.63. The van der Waals surface area contributed by atoms with Crippen molar-refractivity contribution in [2.24, 2.45) is 0 Å². The Morgan fingerprint density at radius 2 is 1.76 bits per heavy atom. The van der Waals surface area contributed by atoms with Crippen molar-refractivity contribution in [1.29, 1.82) is 0 Å². The molecule has 1 atom stereocenters. The molecule has 134 valence electrons. The highest BCUT2D eigenvalue weighted by Crippen LogP contribution is 2.22. The Bertz CT molecular complexity index is 876. The molecule has 2 rings (SSSR count). The smallest absolute Gasteiger partial charge is 0.262 e. The zero-order valence-corrected chi connectivity index (χ0v) is 15.8. The maximum absolute atomic E-state index is 12.8. The highest BCUT2D eigenvalue weighted by molar-refractivity contribution is 7.92. The second-order valence-corrected chi connectivity index (χ2v) is 7.83. The molecule has 6 heteroatoms. The van der Waals surface area contributed by atoms with Gasteiger partial charge >= 0.3 is 0 Å². The normalized spacial score (nSPS) is 12.5. The minimum atomic E-state index is -3.79. The molecule has 0 saturated heterocycles. The van der Waals surface area contributed by atoms with Gasteiger partial charge in [0.05, 0.1) is 10.6 Å². The van der Waals surface area contributed by atoms with Crippen LogP contribution in [-0.4, -0.2) is 20.4 Å². The van der Waals surface area contributed by atoms with E-state index in [1.54, 1.807) is 31.2 Å². The average molecular weight is 360 g/mol. The van der Waals surface area contributed by atoms with E-state index < -0.39 is 10.0 Å². The zero-order chi connectivity index (χ0) is 18.6. The van der Waals surface area contributed by atoms with Crippen LogP contribution in [0.4, 0.5) is 5.69 Å². The fourth-order valence-electron chi connectivity index (χ4n) is 2.33. The van der Waals surface area contributed by atoms with Crippen LogP contribution in [0.15, 0.2) is 47.4 Å². The van der Waals surface area contributed by atoms with E-state index in [1.807, 2.05) is 32.9 Å². The first-order valence-electron chi connectivity index (χ1n) is 8.24. The van der Waals surface area contributed by atoms with Gasteiger partial charge < -0.3 is 5.32 Å². The first-order valence-corrected chi connectivity index (χ1v) is 9.73. The molecule has 5 nitrogen and oxygen atoms in total. The minimum Gasteiger partial charge on any atom is -0.350 e. The molecule has 0 fully saturated rings. The van der Waals surface area contributed by atoms with Gasteiger partial charge in [0.25, 0.3) is 15.9 Å². The summed E-state index contributed by atoms with van der Waals surface area (Å²) in [5.74, 6) is -0.276. The molecule has 0 aliphatic heterocycles. The molecule has 0 unspecified atom stereocenters. The van der Waals surface area contributed by atoms with E-state index in [-0.39, 0.29) is 16.8 Å². The second-order valence-electron chi connectivity index (χ2n) is 6.18. The third-order valence-electron chi connectivity index (χ3n) is 4.12. The second kappa shape index (κ2) is 7.70. The quantitative estimate of drug-likeness (QED) is 0.826. The molecule has 0 aromatic heterocycles. The van der Waals surface area contributed by atoms with Gasteiger partial charge in [0, 0.05) is 11.6 Å². The monoisotopic (exact) mass is 360 g/mol. The van der Waals surface area contributed by atoms with E-state index in [1.165, 1.54) is 6.07 Å². The summed E-state index contributed by atoms with van der Waals surface area (Å²) in [6.07, 6.45) is 0.803. The van der Waals surface area contributed by atoms with Crippen molar-refractivity contribution in [3.05, 3.63) is 59.2 Å². The number of para-hydroxylation sites is 1. The van der Waals surface area contributed by atoms with Crippen molar-refractivity contribution in [3.63, 3.8) is 0 Å². The van der Waals surface area contributed by atoms with Crippen LogP contribution in [0.2, 0.25) is 0 Å². The number of nitrogens with one attached hydrogen (secondary N) is 2. The Morgan fingerprint density at radius 1 is 1.08 bits per heavy atom. The van der Waals surface area contributed by atoms with E-state index in [4.69, 9.17) is 0 Å². The molecule has 25 heavy (non-hydrogen) atoms. The van der Waals surface area contributed by atoms with Gasteiger partial charge in [-0.05, 0) is 56.5 Å². The van der Waals surface area contributed by atoms with Gasteiger partial charge in [0.15, 0.2) is 0 Å². The Morgan fingerprint density at radius 3 is 2.40 bits per heavy atom. The summed E-state index contributed by atoms with van der Waals surface area (Å²) in [7, 11) is -3.79. The highest BCUT2D eigenvalue weighted by Gasteiger charge is 2.20. The number of benzene rings is 2. The Labute approximate surface area is 149 Å². The summed E-state index contributed by atoms with van der Waals surface area (Å²) in [5, 5.41) is 2.85. The zero-order valence-electron chi connectivity index (χ0n) is 15.0. The first-order chi connectivity index (χ1) is 11.7. The predicted octanol–water partition coefficient (Wildman–Crippen LogP) is 3.63. The number of amides is 1. The van der Waals surface area contributed by atoms with Gasteiger partial charge in [-0.15, -0.1) is 0 Å². The van der Waals surface area contributed by atoms with Crippen LogP contribution in [0.3, 0.4) is 0 Å². The number of aryl methyl sites for hydroxylation is 2. The van der Waals surface area contributed by atoms with Crippen LogP contribution in [-0.2, 0) is 10.0 Å². The van der Waals surface area contributed by atoms with Crippen LogP contribution >= 0.6 is 0 Å². The molecule has 1 amide bonds. The molecule has 2 aromatic rings. The van der Waals surface area contributed by atoms with Crippen LogP contribution in [0.1, 0.15) is 41.8 Å². The fourth-order valence-corrected chi connectivity index (χ4v) is 3.73. The van der Waals surface area contributed by atoms with Gasteiger partial charge in [0.1, 0.15) is 0 Å². The first kappa shape index (κ1) is 19.0. The van der Waals surface area contributed by atoms with Crippen LogP contribution in [0.5, 0.6) is 0 Å². The van der Waals surface area contributed by atoms with Crippen molar-refractivity contribution in [2.75, 3.05) is 4.72 Å². The van der Waals surface area contributed by atoms with E-state index in [2.05, 4.69) is 10.0 Å². The Balaban J connectivity index is 2.36. The number of hydrogen-bond donors (Lipinski definition) is 2. The van der Waals surface area contributed by atoms with Crippen LogP contribution in [0.25, 0.3) is 0 Å². The summed E-state index contributed by atoms with van der Waals surface area (Å²) in [4.78, 5) is 12.4. The van der Waals surface area contributed by atoms with E-state index in [0.29, 0.717) is 16.8 Å². The molecular weight excluding hydrogens is 336 g/mol. The van der Waals surface area contributed by atoms with Gasteiger partial charge in [-0.25, -0.2) is 8.42 Å². The highest BCUT2D eigenvalue weighted by atomic mass is 32.2. The molecule has 0 saturated carbocycles. The lowest BCUT2D eigenvalue weighted by Gasteiger charge is -2.15. The molecular formula is C19H24N2O3S. The van der Waals surface area contributed by atoms with Gasteiger partial charge in [0.2, 0.25) is 0 Å². The number of rotatable bonds is 6. The summed E-state index contributed by atoms with van der Waals surface area (Å²) in [5.41, 5.74) is 2.27. The molecule has 0 aliphatic rings. The molecule has 0 heterocycles. The maximum Gasteiger partial charge on any atom is 0.262 e. The topological polar surface area (TPSA) is 75.3 Å². The molecule has 2 N–H and O–H groups in total. The third kappa shape index (κ3) is 4.60. The molecule has 0 radical (unpaired) electrons. The van der Waals surface area contributed by atoms with Crippen molar-refractivity contribution < 1.29 is 13.2 Å². The van der Waals surface area contributed by atoms with Crippen molar-refractivity contribution in [2.45, 2.75) is 45.1 Å². The largest absolute Gasteiger partial charge is 0.350 e. The van der Waals surface area contributed by atoms with Crippen molar-refractivity contribution >= 4 is 21.6 Å². The summed E-state index contributed by atoms with van der Waals surface area (Å²) in [6.45, 7) is 7.43. The SMILES string of the molecule is CC[C@H](C)NC(=O)c1ccc(C)c(S(=O)(=O)Nc2ccccc2C)c1. The molecule has 2 aromatic carbocycles. The number of anilines is 1. The van der Waals surface area contributed by atoms with E-state index in [9.17, 15) is 13.2 Å². The molecule has 0 aliphatic carbocycles. The van der Waals surface area contributed by atoms with Crippen LogP contribution in [0, 0.1) is 13.8 Å². The van der Waals surface area contributed by atoms with Crippen LogP contribution < -0.4 is 10.0 Å². The van der Waals surface area contributed by atoms with Gasteiger partial charge in [-0.1, -0.05) is 31.2 Å². The Hall–Kier alpha value is -2.34. The number of hydrogen-bond acceptors (Lipinski definition) is 3. The van der Waals surface area contributed by atoms with E-state index >= 15 is 0 Å². The lowest BCUT2D eigenvalue weighted by atomic mass is 10.1. The van der Waals surface area contributed by atoms with Gasteiger partial charge in [-0.3, -0.25) is 9.52 Å². The molecule has 0 spiro atoms. The maximum atomic E-state index is 12.8. The van der Waals surface area contributed by atoms with Crippen molar-refractivity contribution in [1.82, 2.24) is 5.32 Å².